The fraction of sp³-hybridized carbons (Fsp3) is 0.385. The summed E-state index contributed by atoms with van der Waals surface area (Å²) in [5.74, 6) is -1.04. The first-order valence-electron chi connectivity index (χ1n) is 5.96. The lowest BCUT2D eigenvalue weighted by molar-refractivity contribution is 0.0695. The highest BCUT2D eigenvalue weighted by molar-refractivity contribution is 7.89. The summed E-state index contributed by atoms with van der Waals surface area (Å²) in [6.07, 6.45) is 0.274. The Morgan fingerprint density at radius 3 is 2.60 bits per heavy atom. The lowest BCUT2D eigenvalue weighted by atomic mass is 10.1. The molecule has 0 spiro atoms. The molecule has 0 aromatic heterocycles. The van der Waals surface area contributed by atoms with E-state index in [1.54, 1.807) is 24.3 Å². The first-order valence-corrected chi connectivity index (χ1v) is 7.47. The standard InChI is InChI=1S/C13H16N2O4S/c1-10(9-14)20(18,19)15(2)8-7-11-5-3-4-6-12(11)13(16)17/h3-6,10H,7-8H2,1-2H3,(H,16,17). The molecule has 1 aromatic carbocycles. The summed E-state index contributed by atoms with van der Waals surface area (Å²) >= 11 is 0. The molecule has 0 amide bonds. The van der Waals surface area contributed by atoms with Gasteiger partial charge in [-0.25, -0.2) is 17.5 Å². The quantitative estimate of drug-likeness (QED) is 0.847. The Hall–Kier alpha value is -1.91. The topological polar surface area (TPSA) is 98.5 Å². The van der Waals surface area contributed by atoms with Gasteiger partial charge in [0.2, 0.25) is 10.0 Å². The van der Waals surface area contributed by atoms with Crippen molar-refractivity contribution >= 4 is 16.0 Å². The van der Waals surface area contributed by atoms with Gasteiger partial charge >= 0.3 is 5.97 Å². The number of aromatic carboxylic acids is 1. The third-order valence-corrected chi connectivity index (χ3v) is 5.06. The first-order chi connectivity index (χ1) is 9.30. The Morgan fingerprint density at radius 1 is 1.45 bits per heavy atom. The van der Waals surface area contributed by atoms with E-state index >= 15 is 0 Å². The van der Waals surface area contributed by atoms with E-state index in [4.69, 9.17) is 10.4 Å². The van der Waals surface area contributed by atoms with Crippen LogP contribution in [0.25, 0.3) is 0 Å². The molecule has 1 unspecified atom stereocenters. The molecule has 0 aliphatic heterocycles. The Balaban J connectivity index is 2.84. The van der Waals surface area contributed by atoms with Crippen molar-refractivity contribution in [1.82, 2.24) is 4.31 Å². The highest BCUT2D eigenvalue weighted by Crippen LogP contribution is 2.12. The van der Waals surface area contributed by atoms with Gasteiger partial charge in [0.25, 0.3) is 0 Å². The van der Waals surface area contributed by atoms with E-state index in [1.807, 2.05) is 0 Å². The van der Waals surface area contributed by atoms with E-state index in [1.165, 1.54) is 20.0 Å². The number of carboxylic acids is 1. The molecular formula is C13H16N2O4S. The number of likely N-dealkylation sites (N-methyl/N-ethyl adjacent to an activating group) is 1. The minimum absolute atomic E-state index is 0.124. The van der Waals surface area contributed by atoms with Crippen LogP contribution in [-0.2, 0) is 16.4 Å². The second-order valence-corrected chi connectivity index (χ2v) is 6.71. The zero-order chi connectivity index (χ0) is 15.3. The number of carbonyl (C=O) groups is 1. The number of nitrogens with zero attached hydrogens (tertiary/aromatic N) is 2. The molecule has 0 saturated heterocycles. The van der Waals surface area contributed by atoms with Gasteiger partial charge in [-0.15, -0.1) is 0 Å². The van der Waals surface area contributed by atoms with Crippen LogP contribution in [-0.4, -0.2) is 42.6 Å². The third-order valence-electron chi connectivity index (χ3n) is 3.01. The predicted molar refractivity (Wildman–Crippen MR) is 73.7 cm³/mol. The zero-order valence-corrected chi connectivity index (χ0v) is 12.1. The Kier molecular flexibility index (Phi) is 5.25. The number of rotatable bonds is 6. The van der Waals surface area contributed by atoms with Crippen molar-refractivity contribution in [3.63, 3.8) is 0 Å². The molecule has 1 atom stereocenters. The number of hydrogen-bond acceptors (Lipinski definition) is 4. The number of nitriles is 1. The van der Waals surface area contributed by atoms with Gasteiger partial charge in [0.05, 0.1) is 11.6 Å². The van der Waals surface area contributed by atoms with Gasteiger partial charge in [-0.2, -0.15) is 5.26 Å². The fourth-order valence-electron chi connectivity index (χ4n) is 1.69. The molecule has 0 aliphatic carbocycles. The molecule has 6 nitrogen and oxygen atoms in total. The normalized spacial score (nSPS) is 12.9. The summed E-state index contributed by atoms with van der Waals surface area (Å²) in [6.45, 7) is 1.44. The molecule has 0 heterocycles. The van der Waals surface area contributed by atoms with Gasteiger partial charge < -0.3 is 5.11 Å². The number of carboxylic acid groups (broad SMARTS) is 1. The molecular weight excluding hydrogens is 280 g/mol. The largest absolute Gasteiger partial charge is 0.478 e. The lowest BCUT2D eigenvalue weighted by Gasteiger charge is -2.18. The average molecular weight is 296 g/mol. The highest BCUT2D eigenvalue weighted by Gasteiger charge is 2.25. The Morgan fingerprint density at radius 2 is 2.05 bits per heavy atom. The van der Waals surface area contributed by atoms with Crippen LogP contribution in [0.1, 0.15) is 22.8 Å². The Labute approximate surface area is 118 Å². The van der Waals surface area contributed by atoms with E-state index in [0.717, 1.165) is 4.31 Å². The summed E-state index contributed by atoms with van der Waals surface area (Å²) in [6, 6.07) is 8.14. The SMILES string of the molecule is CC(C#N)S(=O)(=O)N(C)CCc1ccccc1C(=O)O. The number of hydrogen-bond donors (Lipinski definition) is 1. The van der Waals surface area contributed by atoms with Crippen LogP contribution in [0.5, 0.6) is 0 Å². The smallest absolute Gasteiger partial charge is 0.335 e. The van der Waals surface area contributed by atoms with Crippen LogP contribution in [0, 0.1) is 11.3 Å². The van der Waals surface area contributed by atoms with E-state index in [2.05, 4.69) is 0 Å². The maximum Gasteiger partial charge on any atom is 0.335 e. The minimum Gasteiger partial charge on any atom is -0.478 e. The molecule has 20 heavy (non-hydrogen) atoms. The second-order valence-electron chi connectivity index (χ2n) is 4.35. The lowest BCUT2D eigenvalue weighted by Crippen LogP contribution is -2.35. The van der Waals surface area contributed by atoms with Gasteiger partial charge in [0.1, 0.15) is 0 Å². The molecule has 0 radical (unpaired) electrons. The van der Waals surface area contributed by atoms with Crippen molar-refractivity contribution in [2.75, 3.05) is 13.6 Å². The zero-order valence-electron chi connectivity index (χ0n) is 11.3. The van der Waals surface area contributed by atoms with Crippen LogP contribution < -0.4 is 0 Å². The summed E-state index contributed by atoms with van der Waals surface area (Å²) in [4.78, 5) is 11.0. The first kappa shape index (κ1) is 16.1. The predicted octanol–water partition coefficient (Wildman–Crippen LogP) is 1.10. The Bertz CT molecular complexity index is 634. The van der Waals surface area contributed by atoms with Crippen LogP contribution >= 0.6 is 0 Å². The van der Waals surface area contributed by atoms with E-state index in [-0.39, 0.29) is 18.5 Å². The van der Waals surface area contributed by atoms with E-state index in [0.29, 0.717) is 5.56 Å². The summed E-state index contributed by atoms with van der Waals surface area (Å²) in [7, 11) is -2.29. The molecule has 0 bridgehead atoms. The van der Waals surface area contributed by atoms with E-state index < -0.39 is 21.2 Å². The molecule has 108 valence electrons. The van der Waals surface area contributed by atoms with Gasteiger partial charge in [-0.05, 0) is 25.0 Å². The van der Waals surface area contributed by atoms with Crippen molar-refractivity contribution in [3.8, 4) is 6.07 Å². The van der Waals surface area contributed by atoms with Crippen molar-refractivity contribution in [2.24, 2.45) is 0 Å². The number of benzene rings is 1. The summed E-state index contributed by atoms with van der Waals surface area (Å²) < 4.78 is 24.9. The van der Waals surface area contributed by atoms with Gasteiger partial charge in [-0.3, -0.25) is 0 Å². The van der Waals surface area contributed by atoms with Gasteiger partial charge in [0.15, 0.2) is 5.25 Å². The third kappa shape index (κ3) is 3.56. The molecule has 0 aliphatic rings. The molecule has 7 heteroatoms. The van der Waals surface area contributed by atoms with Crippen molar-refractivity contribution in [1.29, 1.82) is 5.26 Å². The van der Waals surface area contributed by atoms with Crippen molar-refractivity contribution < 1.29 is 18.3 Å². The monoisotopic (exact) mass is 296 g/mol. The molecule has 1 rings (SSSR count). The van der Waals surface area contributed by atoms with Crippen LogP contribution in [0.4, 0.5) is 0 Å². The van der Waals surface area contributed by atoms with Crippen molar-refractivity contribution in [2.45, 2.75) is 18.6 Å². The van der Waals surface area contributed by atoms with E-state index in [9.17, 15) is 13.2 Å². The summed E-state index contributed by atoms with van der Waals surface area (Å²) in [5, 5.41) is 16.6. The van der Waals surface area contributed by atoms with Crippen molar-refractivity contribution in [3.05, 3.63) is 35.4 Å². The van der Waals surface area contributed by atoms with Crippen LogP contribution in [0.3, 0.4) is 0 Å². The highest BCUT2D eigenvalue weighted by atomic mass is 32.2. The molecule has 0 saturated carbocycles. The number of sulfonamides is 1. The van der Waals surface area contributed by atoms with Crippen LogP contribution in [0.2, 0.25) is 0 Å². The molecule has 0 fully saturated rings. The molecule has 1 aromatic rings. The second kappa shape index (κ2) is 6.50. The average Bonchev–Trinajstić information content (AvgIpc) is 2.43. The molecule has 1 N–H and O–H groups in total. The fourth-order valence-corrected chi connectivity index (χ4v) is 2.71. The maximum atomic E-state index is 11.9. The maximum absolute atomic E-state index is 11.9. The van der Waals surface area contributed by atoms with Gasteiger partial charge in [0, 0.05) is 13.6 Å². The van der Waals surface area contributed by atoms with Gasteiger partial charge in [-0.1, -0.05) is 18.2 Å². The van der Waals surface area contributed by atoms with Crippen LogP contribution in [0.15, 0.2) is 24.3 Å². The summed E-state index contributed by atoms with van der Waals surface area (Å²) in [5.41, 5.74) is 0.721. The minimum atomic E-state index is -3.67.